The third kappa shape index (κ3) is 3.35. The molecule has 0 bridgehead atoms. The van der Waals surface area contributed by atoms with E-state index in [-0.39, 0.29) is 11.9 Å². The molecule has 1 aliphatic rings. The van der Waals surface area contributed by atoms with Gasteiger partial charge in [0.05, 0.1) is 10.9 Å². The van der Waals surface area contributed by atoms with Crippen LogP contribution >= 0.6 is 11.3 Å². The molecule has 0 saturated heterocycles. The van der Waals surface area contributed by atoms with Crippen molar-refractivity contribution in [2.75, 3.05) is 14.2 Å². The molecular formula is C14H21NO3S. The molecule has 1 aromatic heterocycles. The Hall–Kier alpha value is -0.910. The van der Waals surface area contributed by atoms with E-state index in [0.717, 1.165) is 17.7 Å². The number of hydrogen-bond acceptors (Lipinski definition) is 4. The van der Waals surface area contributed by atoms with Crippen molar-refractivity contribution in [3.05, 3.63) is 21.4 Å². The number of methoxy groups -OCH3 is 2. The number of carbonyl (C=O) groups excluding carboxylic acids is 1. The molecule has 19 heavy (non-hydrogen) atoms. The first-order chi connectivity index (χ1) is 9.15. The molecule has 0 saturated carbocycles. The van der Waals surface area contributed by atoms with E-state index in [4.69, 9.17) is 9.47 Å². The largest absolute Gasteiger partial charge is 0.354 e. The third-order valence-electron chi connectivity index (χ3n) is 3.45. The van der Waals surface area contributed by atoms with Crippen LogP contribution in [0, 0.1) is 0 Å². The van der Waals surface area contributed by atoms with Gasteiger partial charge in [0, 0.05) is 19.1 Å². The fourth-order valence-corrected chi connectivity index (χ4v) is 3.61. The Bertz CT molecular complexity index is 416. The second-order valence-corrected chi connectivity index (χ2v) is 6.00. The Kier molecular flexibility index (Phi) is 4.96. The zero-order valence-corrected chi connectivity index (χ0v) is 12.5. The molecule has 106 valence electrons. The van der Waals surface area contributed by atoms with Crippen molar-refractivity contribution in [2.24, 2.45) is 0 Å². The summed E-state index contributed by atoms with van der Waals surface area (Å²) in [6.45, 7) is 1.88. The first-order valence-corrected chi connectivity index (χ1v) is 7.45. The standard InChI is InChI=1S/C14H21NO3S/c1-9(14(17-2)18-3)15-13(16)12-8-10-6-4-5-7-11(10)19-12/h8-9,14H,4-7H2,1-3H3,(H,15,16). The monoisotopic (exact) mass is 283 g/mol. The number of aryl methyl sites for hydroxylation is 2. The van der Waals surface area contributed by atoms with Crippen molar-refractivity contribution in [3.8, 4) is 0 Å². The molecule has 2 rings (SSSR count). The molecule has 1 aromatic rings. The van der Waals surface area contributed by atoms with Crippen LogP contribution < -0.4 is 5.32 Å². The minimum absolute atomic E-state index is 0.0361. The summed E-state index contributed by atoms with van der Waals surface area (Å²) in [5.41, 5.74) is 1.35. The quantitative estimate of drug-likeness (QED) is 0.844. The lowest BCUT2D eigenvalue weighted by molar-refractivity contribution is -0.117. The predicted octanol–water partition coefficient (Wildman–Crippen LogP) is 2.36. The molecule has 0 aliphatic heterocycles. The summed E-state index contributed by atoms with van der Waals surface area (Å²) in [5, 5.41) is 2.93. The van der Waals surface area contributed by atoms with Gasteiger partial charge >= 0.3 is 0 Å². The maximum atomic E-state index is 12.2. The van der Waals surface area contributed by atoms with Gasteiger partial charge in [0.2, 0.25) is 0 Å². The van der Waals surface area contributed by atoms with Gasteiger partial charge in [-0.05, 0) is 44.2 Å². The van der Waals surface area contributed by atoms with Crippen molar-refractivity contribution in [1.29, 1.82) is 0 Å². The van der Waals surface area contributed by atoms with E-state index >= 15 is 0 Å². The van der Waals surface area contributed by atoms with Gasteiger partial charge < -0.3 is 14.8 Å². The minimum atomic E-state index is -0.418. The van der Waals surface area contributed by atoms with Gasteiger partial charge in [-0.2, -0.15) is 0 Å². The molecule has 1 N–H and O–H groups in total. The van der Waals surface area contributed by atoms with Crippen molar-refractivity contribution in [2.45, 2.75) is 44.9 Å². The molecule has 1 unspecified atom stereocenters. The number of fused-ring (bicyclic) bond motifs is 1. The van der Waals surface area contributed by atoms with E-state index in [1.54, 1.807) is 25.6 Å². The summed E-state index contributed by atoms with van der Waals surface area (Å²) in [6, 6.07) is 1.86. The van der Waals surface area contributed by atoms with Crippen LogP contribution in [0.15, 0.2) is 6.07 Å². The highest BCUT2D eigenvalue weighted by Crippen LogP contribution is 2.29. The molecule has 1 atom stereocenters. The zero-order valence-electron chi connectivity index (χ0n) is 11.7. The molecule has 1 amide bonds. The SMILES string of the molecule is COC(OC)C(C)NC(=O)c1cc2c(s1)CCCC2. The highest BCUT2D eigenvalue weighted by molar-refractivity contribution is 7.14. The Morgan fingerprint density at radius 1 is 1.32 bits per heavy atom. The molecular weight excluding hydrogens is 262 g/mol. The van der Waals surface area contributed by atoms with Crippen LogP contribution in [0.1, 0.15) is 39.9 Å². The van der Waals surface area contributed by atoms with Crippen LogP contribution in [0.4, 0.5) is 0 Å². The van der Waals surface area contributed by atoms with Gasteiger partial charge in [-0.15, -0.1) is 11.3 Å². The number of ether oxygens (including phenoxy) is 2. The molecule has 1 aliphatic carbocycles. The van der Waals surface area contributed by atoms with Crippen LogP contribution in [0.2, 0.25) is 0 Å². The Balaban J connectivity index is 2.01. The zero-order chi connectivity index (χ0) is 13.8. The molecule has 0 spiro atoms. The lowest BCUT2D eigenvalue weighted by Gasteiger charge is -2.21. The van der Waals surface area contributed by atoms with Crippen LogP contribution in [-0.4, -0.2) is 32.5 Å². The smallest absolute Gasteiger partial charge is 0.261 e. The second-order valence-electron chi connectivity index (χ2n) is 4.87. The number of amides is 1. The summed E-state index contributed by atoms with van der Waals surface area (Å²) in [4.78, 5) is 14.4. The van der Waals surface area contributed by atoms with Crippen molar-refractivity contribution < 1.29 is 14.3 Å². The number of hydrogen-bond donors (Lipinski definition) is 1. The molecule has 1 heterocycles. The number of rotatable bonds is 5. The average Bonchev–Trinajstić information content (AvgIpc) is 2.84. The third-order valence-corrected chi connectivity index (χ3v) is 4.69. The van der Waals surface area contributed by atoms with Gasteiger partial charge in [-0.25, -0.2) is 0 Å². The van der Waals surface area contributed by atoms with Crippen LogP contribution in [-0.2, 0) is 22.3 Å². The molecule has 0 aromatic carbocycles. The first-order valence-electron chi connectivity index (χ1n) is 6.63. The Morgan fingerprint density at radius 3 is 2.63 bits per heavy atom. The lowest BCUT2D eigenvalue weighted by Crippen LogP contribution is -2.42. The number of nitrogens with one attached hydrogen (secondary N) is 1. The number of carbonyl (C=O) groups is 1. The topological polar surface area (TPSA) is 47.6 Å². The van der Waals surface area contributed by atoms with Crippen LogP contribution in [0.3, 0.4) is 0 Å². The van der Waals surface area contributed by atoms with E-state index < -0.39 is 6.29 Å². The van der Waals surface area contributed by atoms with Crippen LogP contribution in [0.5, 0.6) is 0 Å². The van der Waals surface area contributed by atoms with E-state index in [1.165, 1.54) is 23.3 Å². The summed E-state index contributed by atoms with van der Waals surface area (Å²) in [6.07, 6.45) is 4.27. The summed E-state index contributed by atoms with van der Waals surface area (Å²) in [5.74, 6) is -0.0361. The number of thiophene rings is 1. The van der Waals surface area contributed by atoms with Gasteiger partial charge in [0.1, 0.15) is 0 Å². The molecule has 4 nitrogen and oxygen atoms in total. The fourth-order valence-electron chi connectivity index (χ4n) is 2.45. The maximum absolute atomic E-state index is 12.2. The van der Waals surface area contributed by atoms with Crippen LogP contribution in [0.25, 0.3) is 0 Å². The Labute approximate surface area is 118 Å². The van der Waals surface area contributed by atoms with Gasteiger partial charge in [0.25, 0.3) is 5.91 Å². The summed E-state index contributed by atoms with van der Waals surface area (Å²) < 4.78 is 10.3. The summed E-state index contributed by atoms with van der Waals surface area (Å²) >= 11 is 1.62. The van der Waals surface area contributed by atoms with Crippen molar-refractivity contribution >= 4 is 17.2 Å². The molecule has 0 fully saturated rings. The maximum Gasteiger partial charge on any atom is 0.261 e. The van der Waals surface area contributed by atoms with Gasteiger partial charge in [-0.3, -0.25) is 4.79 Å². The molecule has 5 heteroatoms. The van der Waals surface area contributed by atoms with Gasteiger partial charge in [-0.1, -0.05) is 0 Å². The van der Waals surface area contributed by atoms with E-state index in [2.05, 4.69) is 5.32 Å². The normalized spacial score (nSPS) is 16.2. The first kappa shape index (κ1) is 14.5. The van der Waals surface area contributed by atoms with Gasteiger partial charge in [0.15, 0.2) is 6.29 Å². The Morgan fingerprint density at radius 2 is 2.00 bits per heavy atom. The average molecular weight is 283 g/mol. The highest BCUT2D eigenvalue weighted by atomic mass is 32.1. The van der Waals surface area contributed by atoms with E-state index in [1.807, 2.05) is 13.0 Å². The van der Waals surface area contributed by atoms with E-state index in [0.29, 0.717) is 0 Å². The van der Waals surface area contributed by atoms with E-state index in [9.17, 15) is 4.79 Å². The minimum Gasteiger partial charge on any atom is -0.354 e. The molecule has 0 radical (unpaired) electrons. The lowest BCUT2D eigenvalue weighted by atomic mass is 9.99. The predicted molar refractivity (Wildman–Crippen MR) is 75.7 cm³/mol. The fraction of sp³-hybridized carbons (Fsp3) is 0.643. The van der Waals surface area contributed by atoms with Crippen molar-refractivity contribution in [1.82, 2.24) is 5.32 Å². The summed E-state index contributed by atoms with van der Waals surface area (Å²) in [7, 11) is 3.14. The van der Waals surface area contributed by atoms with Crippen molar-refractivity contribution in [3.63, 3.8) is 0 Å². The highest BCUT2D eigenvalue weighted by Gasteiger charge is 2.21. The second kappa shape index (κ2) is 6.50.